The molecule has 0 atom stereocenters. The van der Waals surface area contributed by atoms with E-state index in [0.717, 1.165) is 44.0 Å². The van der Waals surface area contributed by atoms with Gasteiger partial charge in [-0.3, -0.25) is 4.79 Å². The van der Waals surface area contributed by atoms with E-state index in [1.54, 1.807) is 19.1 Å². The molecule has 7 nitrogen and oxygen atoms in total. The van der Waals surface area contributed by atoms with E-state index < -0.39 is 5.97 Å². The number of rotatable bonds is 8. The number of benzene rings is 2. The van der Waals surface area contributed by atoms with Gasteiger partial charge in [-0.25, -0.2) is 4.79 Å². The maximum absolute atomic E-state index is 12.6. The second kappa shape index (κ2) is 10.8. The summed E-state index contributed by atoms with van der Waals surface area (Å²) in [5.41, 5.74) is 2.96. The normalized spacial score (nSPS) is 14.2. The van der Waals surface area contributed by atoms with Gasteiger partial charge in [-0.05, 0) is 56.3 Å². The Labute approximate surface area is 183 Å². The molecule has 31 heavy (non-hydrogen) atoms. The zero-order valence-corrected chi connectivity index (χ0v) is 18.5. The lowest BCUT2D eigenvalue weighted by atomic mass is 10.1. The first-order chi connectivity index (χ1) is 15.0. The number of likely N-dealkylation sites (N-methyl/N-ethyl adjacent to an activating group) is 1. The summed E-state index contributed by atoms with van der Waals surface area (Å²) in [6.45, 7) is 10.7. The fourth-order valence-electron chi connectivity index (χ4n) is 3.60. The van der Waals surface area contributed by atoms with Gasteiger partial charge in [0.15, 0.2) is 6.61 Å². The van der Waals surface area contributed by atoms with Crippen molar-refractivity contribution in [2.75, 3.05) is 56.2 Å². The molecule has 7 heteroatoms. The Morgan fingerprint density at radius 3 is 2.48 bits per heavy atom. The van der Waals surface area contributed by atoms with Crippen molar-refractivity contribution in [2.45, 2.75) is 20.8 Å². The van der Waals surface area contributed by atoms with Crippen LogP contribution in [0.1, 0.15) is 29.8 Å². The van der Waals surface area contributed by atoms with Crippen LogP contribution >= 0.6 is 0 Å². The van der Waals surface area contributed by atoms with Crippen LogP contribution < -0.4 is 15.0 Å². The third-order valence-corrected chi connectivity index (χ3v) is 5.30. The van der Waals surface area contributed by atoms with E-state index in [1.165, 1.54) is 0 Å². The molecule has 1 fully saturated rings. The first-order valence-corrected chi connectivity index (χ1v) is 10.8. The number of esters is 1. The van der Waals surface area contributed by atoms with Crippen molar-refractivity contribution in [1.29, 1.82) is 0 Å². The Kier molecular flexibility index (Phi) is 7.89. The van der Waals surface area contributed by atoms with Gasteiger partial charge in [0, 0.05) is 26.2 Å². The summed E-state index contributed by atoms with van der Waals surface area (Å²) < 4.78 is 10.7. The number of anilines is 2. The van der Waals surface area contributed by atoms with E-state index in [0.29, 0.717) is 23.6 Å². The molecule has 1 N–H and O–H groups in total. The summed E-state index contributed by atoms with van der Waals surface area (Å²) in [4.78, 5) is 29.5. The molecule has 1 saturated heterocycles. The summed E-state index contributed by atoms with van der Waals surface area (Å²) in [5, 5.41) is 2.93. The Bertz CT molecular complexity index is 907. The van der Waals surface area contributed by atoms with Gasteiger partial charge in [0.25, 0.3) is 5.91 Å². The number of carbonyl (C=O) groups is 2. The summed E-state index contributed by atoms with van der Waals surface area (Å²) in [5.74, 6) is -0.0429. The number of nitrogens with zero attached hydrogens (tertiary/aromatic N) is 2. The zero-order valence-electron chi connectivity index (χ0n) is 18.5. The SMILES string of the molecule is CCOC(=O)c1ccc(N2CCN(CC)CC2)c(NC(=O)COc2cccc(C)c2)c1. The van der Waals surface area contributed by atoms with E-state index in [2.05, 4.69) is 22.0 Å². The largest absolute Gasteiger partial charge is 0.484 e. The van der Waals surface area contributed by atoms with Crippen LogP contribution in [0.5, 0.6) is 5.75 Å². The molecule has 166 valence electrons. The first kappa shape index (κ1) is 22.6. The van der Waals surface area contributed by atoms with Gasteiger partial charge in [-0.2, -0.15) is 0 Å². The number of nitrogens with one attached hydrogen (secondary N) is 1. The number of piperazine rings is 1. The highest BCUT2D eigenvalue weighted by atomic mass is 16.5. The van der Waals surface area contributed by atoms with Crippen LogP contribution in [0.3, 0.4) is 0 Å². The molecule has 1 heterocycles. The quantitative estimate of drug-likeness (QED) is 0.654. The highest BCUT2D eigenvalue weighted by Gasteiger charge is 2.21. The third kappa shape index (κ3) is 6.21. The number of aryl methyl sites for hydroxylation is 1. The maximum Gasteiger partial charge on any atom is 0.338 e. The van der Waals surface area contributed by atoms with E-state index in [9.17, 15) is 9.59 Å². The summed E-state index contributed by atoms with van der Waals surface area (Å²) in [6, 6.07) is 12.9. The molecule has 0 radical (unpaired) electrons. The van der Waals surface area contributed by atoms with Gasteiger partial charge >= 0.3 is 5.97 Å². The van der Waals surface area contributed by atoms with Crippen LogP contribution in [-0.2, 0) is 9.53 Å². The molecule has 0 aromatic heterocycles. The minimum atomic E-state index is -0.406. The number of ether oxygens (including phenoxy) is 2. The van der Waals surface area contributed by atoms with Crippen LogP contribution in [0.4, 0.5) is 11.4 Å². The zero-order chi connectivity index (χ0) is 22.2. The fourth-order valence-corrected chi connectivity index (χ4v) is 3.60. The molecule has 0 bridgehead atoms. The first-order valence-electron chi connectivity index (χ1n) is 10.8. The minimum absolute atomic E-state index is 0.115. The van der Waals surface area contributed by atoms with Crippen molar-refractivity contribution in [3.63, 3.8) is 0 Å². The second-order valence-corrected chi connectivity index (χ2v) is 7.53. The Morgan fingerprint density at radius 2 is 1.81 bits per heavy atom. The predicted molar refractivity (Wildman–Crippen MR) is 122 cm³/mol. The molecular formula is C24H31N3O4. The Balaban J connectivity index is 1.75. The van der Waals surface area contributed by atoms with Crippen LogP contribution in [0.25, 0.3) is 0 Å². The Hall–Kier alpha value is -3.06. The summed E-state index contributed by atoms with van der Waals surface area (Å²) >= 11 is 0. The smallest absolute Gasteiger partial charge is 0.338 e. The molecule has 0 spiro atoms. The van der Waals surface area contributed by atoms with Gasteiger partial charge < -0.3 is 24.6 Å². The van der Waals surface area contributed by atoms with Crippen molar-refractivity contribution >= 4 is 23.3 Å². The topological polar surface area (TPSA) is 71.1 Å². The predicted octanol–water partition coefficient (Wildman–Crippen LogP) is 3.33. The number of carbonyl (C=O) groups excluding carboxylic acids is 2. The van der Waals surface area contributed by atoms with Crippen LogP contribution in [0.15, 0.2) is 42.5 Å². The summed E-state index contributed by atoms with van der Waals surface area (Å²) in [6.07, 6.45) is 0. The standard InChI is InChI=1S/C24H31N3O4/c1-4-26-11-13-27(14-12-26)22-10-9-19(24(29)30-5-2)16-21(22)25-23(28)17-31-20-8-6-7-18(3)15-20/h6-10,15-16H,4-5,11-14,17H2,1-3H3,(H,25,28). The average molecular weight is 426 g/mol. The molecular weight excluding hydrogens is 394 g/mol. The van der Waals surface area contributed by atoms with Gasteiger partial charge in [-0.15, -0.1) is 0 Å². The molecule has 0 aliphatic carbocycles. The van der Waals surface area contributed by atoms with E-state index in [1.807, 2.05) is 37.3 Å². The van der Waals surface area contributed by atoms with Crippen molar-refractivity contribution < 1.29 is 19.1 Å². The van der Waals surface area contributed by atoms with Crippen molar-refractivity contribution in [2.24, 2.45) is 0 Å². The molecule has 2 aromatic carbocycles. The van der Waals surface area contributed by atoms with Crippen molar-refractivity contribution in [1.82, 2.24) is 4.90 Å². The monoisotopic (exact) mass is 425 g/mol. The lowest BCUT2D eigenvalue weighted by Gasteiger charge is -2.36. The van der Waals surface area contributed by atoms with E-state index in [-0.39, 0.29) is 12.5 Å². The van der Waals surface area contributed by atoms with Gasteiger partial charge in [0.2, 0.25) is 0 Å². The molecule has 3 rings (SSSR count). The molecule has 0 unspecified atom stereocenters. The highest BCUT2D eigenvalue weighted by molar-refractivity contribution is 5.98. The molecule has 2 aromatic rings. The van der Waals surface area contributed by atoms with Crippen LogP contribution in [-0.4, -0.2) is 62.7 Å². The lowest BCUT2D eigenvalue weighted by Crippen LogP contribution is -2.46. The van der Waals surface area contributed by atoms with Gasteiger partial charge in [0.05, 0.1) is 23.5 Å². The molecule has 1 amide bonds. The number of hydrogen-bond acceptors (Lipinski definition) is 6. The molecule has 0 saturated carbocycles. The van der Waals surface area contributed by atoms with Crippen LogP contribution in [0, 0.1) is 6.92 Å². The van der Waals surface area contributed by atoms with Crippen molar-refractivity contribution in [3.8, 4) is 5.75 Å². The third-order valence-electron chi connectivity index (χ3n) is 5.30. The van der Waals surface area contributed by atoms with Gasteiger partial charge in [0.1, 0.15) is 5.75 Å². The summed E-state index contributed by atoms with van der Waals surface area (Å²) in [7, 11) is 0. The van der Waals surface area contributed by atoms with E-state index >= 15 is 0 Å². The fraction of sp³-hybridized carbons (Fsp3) is 0.417. The molecule has 1 aliphatic rings. The van der Waals surface area contributed by atoms with Crippen molar-refractivity contribution in [3.05, 3.63) is 53.6 Å². The average Bonchev–Trinajstić information content (AvgIpc) is 2.78. The second-order valence-electron chi connectivity index (χ2n) is 7.53. The van der Waals surface area contributed by atoms with Crippen LogP contribution in [0.2, 0.25) is 0 Å². The lowest BCUT2D eigenvalue weighted by molar-refractivity contribution is -0.118. The number of hydrogen-bond donors (Lipinski definition) is 1. The number of amides is 1. The Morgan fingerprint density at radius 1 is 1.03 bits per heavy atom. The van der Waals surface area contributed by atoms with E-state index in [4.69, 9.17) is 9.47 Å². The minimum Gasteiger partial charge on any atom is -0.484 e. The molecule has 1 aliphatic heterocycles. The maximum atomic E-state index is 12.6. The van der Waals surface area contributed by atoms with Gasteiger partial charge in [-0.1, -0.05) is 19.1 Å². The highest BCUT2D eigenvalue weighted by Crippen LogP contribution is 2.29.